The van der Waals surface area contributed by atoms with E-state index >= 15 is 0 Å². The van der Waals surface area contributed by atoms with E-state index in [-0.39, 0.29) is 36.8 Å². The first kappa shape index (κ1) is 21.2. The second-order valence-corrected chi connectivity index (χ2v) is 7.95. The highest BCUT2D eigenvalue weighted by molar-refractivity contribution is 7.13. The van der Waals surface area contributed by atoms with Crippen molar-refractivity contribution in [2.24, 2.45) is 0 Å². The summed E-state index contributed by atoms with van der Waals surface area (Å²) in [7, 11) is 1.44. The number of nitrogens with one attached hydrogen (secondary N) is 1. The van der Waals surface area contributed by atoms with Gasteiger partial charge in [-0.25, -0.2) is 4.79 Å². The van der Waals surface area contributed by atoms with Crippen molar-refractivity contribution in [3.8, 4) is 10.7 Å². The van der Waals surface area contributed by atoms with Gasteiger partial charge in [0.25, 0.3) is 5.56 Å². The molecule has 0 saturated heterocycles. The Morgan fingerprint density at radius 2 is 2.00 bits per heavy atom. The Balaban J connectivity index is 1.51. The van der Waals surface area contributed by atoms with Gasteiger partial charge in [-0.1, -0.05) is 41.6 Å². The van der Waals surface area contributed by atoms with Crippen LogP contribution in [0.4, 0.5) is 11.5 Å². The third-order valence-corrected chi connectivity index (χ3v) is 5.74. The highest BCUT2D eigenvalue weighted by Crippen LogP contribution is 2.22. The first-order valence-electron chi connectivity index (χ1n) is 9.73. The van der Waals surface area contributed by atoms with Gasteiger partial charge in [0, 0.05) is 19.9 Å². The number of aromatic amines is 1. The number of nitrogens with zero attached hydrogens (tertiary/aromatic N) is 4. The summed E-state index contributed by atoms with van der Waals surface area (Å²) >= 11 is 1.48. The number of hydrogen-bond acceptors (Lipinski definition) is 8. The topological polar surface area (TPSA) is 140 Å². The van der Waals surface area contributed by atoms with Crippen LogP contribution < -0.4 is 21.9 Å². The van der Waals surface area contributed by atoms with Crippen molar-refractivity contribution < 1.29 is 9.32 Å². The number of H-pyrrole nitrogens is 1. The van der Waals surface area contributed by atoms with Gasteiger partial charge in [-0.05, 0) is 17.0 Å². The molecule has 10 nitrogen and oxygen atoms in total. The van der Waals surface area contributed by atoms with E-state index in [1.165, 1.54) is 23.0 Å². The zero-order chi connectivity index (χ0) is 22.7. The minimum Gasteiger partial charge on any atom is -0.383 e. The summed E-state index contributed by atoms with van der Waals surface area (Å²) in [6.07, 6.45) is 0.211. The molecular formula is C21H20N6O4S. The quantitative estimate of drug-likeness (QED) is 0.436. The van der Waals surface area contributed by atoms with Crippen LogP contribution in [0.3, 0.4) is 0 Å². The minimum atomic E-state index is -0.731. The molecule has 0 radical (unpaired) electrons. The number of nitrogens with two attached hydrogens (primary N) is 1. The average molecular weight is 452 g/mol. The van der Waals surface area contributed by atoms with Crippen molar-refractivity contribution in [2.45, 2.75) is 19.4 Å². The van der Waals surface area contributed by atoms with Gasteiger partial charge in [-0.2, -0.15) is 4.98 Å². The van der Waals surface area contributed by atoms with Gasteiger partial charge in [0.1, 0.15) is 5.82 Å². The van der Waals surface area contributed by atoms with Crippen LogP contribution in [0.15, 0.2) is 62.0 Å². The fourth-order valence-electron chi connectivity index (χ4n) is 3.19. The number of nitrogen functional groups attached to an aromatic ring is 1. The van der Waals surface area contributed by atoms with Crippen molar-refractivity contribution in [1.29, 1.82) is 0 Å². The predicted octanol–water partition coefficient (Wildman–Crippen LogP) is 1.87. The molecule has 0 bridgehead atoms. The van der Waals surface area contributed by atoms with E-state index in [2.05, 4.69) is 15.1 Å². The lowest BCUT2D eigenvalue weighted by Gasteiger charge is -2.20. The molecule has 0 spiro atoms. The summed E-state index contributed by atoms with van der Waals surface area (Å²) in [5.74, 6) is 0.301. The maximum atomic E-state index is 12.8. The Bertz CT molecular complexity index is 1340. The van der Waals surface area contributed by atoms with Crippen LogP contribution in [-0.2, 0) is 17.8 Å². The molecule has 0 aliphatic heterocycles. The van der Waals surface area contributed by atoms with E-state index in [1.807, 2.05) is 47.8 Å². The zero-order valence-corrected chi connectivity index (χ0v) is 18.0. The van der Waals surface area contributed by atoms with E-state index in [0.29, 0.717) is 11.7 Å². The van der Waals surface area contributed by atoms with E-state index in [9.17, 15) is 14.4 Å². The molecule has 0 aliphatic carbocycles. The van der Waals surface area contributed by atoms with Crippen molar-refractivity contribution >= 4 is 28.7 Å². The van der Waals surface area contributed by atoms with E-state index < -0.39 is 11.2 Å². The molecule has 11 heteroatoms. The van der Waals surface area contributed by atoms with Crippen LogP contribution in [0.1, 0.15) is 17.9 Å². The number of amides is 1. The van der Waals surface area contributed by atoms with Crippen LogP contribution in [0.5, 0.6) is 0 Å². The molecule has 3 N–H and O–H groups in total. The number of thiophene rings is 1. The largest absolute Gasteiger partial charge is 0.383 e. The van der Waals surface area contributed by atoms with Crippen LogP contribution in [0.2, 0.25) is 0 Å². The van der Waals surface area contributed by atoms with E-state index in [0.717, 1.165) is 15.3 Å². The zero-order valence-electron chi connectivity index (χ0n) is 17.1. The summed E-state index contributed by atoms with van der Waals surface area (Å²) in [5.41, 5.74) is 5.51. The van der Waals surface area contributed by atoms with Crippen molar-refractivity contribution in [3.63, 3.8) is 0 Å². The van der Waals surface area contributed by atoms with Gasteiger partial charge in [0.05, 0.1) is 11.4 Å². The standard InChI is InChI=1S/C21H20N6O4S/c1-26(16(28)10-9-15-23-19(25-31-15)14-8-5-11-32-14)17-18(22)27(21(30)24-20(17)29)12-13-6-3-2-4-7-13/h2-8,11H,9-10,12,22H2,1H3,(H,24,29,30). The molecule has 4 aromatic rings. The molecule has 3 aromatic heterocycles. The molecule has 1 aromatic carbocycles. The van der Waals surface area contributed by atoms with Crippen molar-refractivity contribution in [3.05, 3.63) is 80.1 Å². The van der Waals surface area contributed by atoms with Crippen LogP contribution in [0.25, 0.3) is 10.7 Å². The molecule has 0 aliphatic rings. The maximum absolute atomic E-state index is 12.8. The summed E-state index contributed by atoms with van der Waals surface area (Å²) in [4.78, 5) is 46.0. The Morgan fingerprint density at radius 1 is 1.22 bits per heavy atom. The number of anilines is 2. The lowest BCUT2D eigenvalue weighted by molar-refractivity contribution is -0.118. The predicted molar refractivity (Wildman–Crippen MR) is 121 cm³/mol. The fourth-order valence-corrected chi connectivity index (χ4v) is 3.84. The summed E-state index contributed by atoms with van der Waals surface area (Å²) in [6.45, 7) is 0.158. The lowest BCUT2D eigenvalue weighted by Crippen LogP contribution is -2.39. The van der Waals surface area contributed by atoms with E-state index in [4.69, 9.17) is 10.3 Å². The van der Waals surface area contributed by atoms with Crippen molar-refractivity contribution in [2.75, 3.05) is 17.7 Å². The van der Waals surface area contributed by atoms with Gasteiger partial charge in [0.15, 0.2) is 5.69 Å². The maximum Gasteiger partial charge on any atom is 0.330 e. The Morgan fingerprint density at radius 3 is 2.72 bits per heavy atom. The summed E-state index contributed by atoms with van der Waals surface area (Å²) in [5, 5.41) is 5.82. The second kappa shape index (κ2) is 9.02. The minimum absolute atomic E-state index is 0.0132. The fraction of sp³-hybridized carbons (Fsp3) is 0.190. The molecule has 0 fully saturated rings. The Kier molecular flexibility index (Phi) is 5.99. The van der Waals surface area contributed by atoms with Crippen LogP contribution >= 0.6 is 11.3 Å². The highest BCUT2D eigenvalue weighted by atomic mass is 32.1. The normalized spacial score (nSPS) is 10.9. The van der Waals surface area contributed by atoms with Gasteiger partial charge >= 0.3 is 5.69 Å². The van der Waals surface area contributed by atoms with Crippen LogP contribution in [0, 0.1) is 0 Å². The lowest BCUT2D eigenvalue weighted by atomic mass is 10.2. The monoisotopic (exact) mass is 452 g/mol. The third kappa shape index (κ3) is 4.37. The third-order valence-electron chi connectivity index (χ3n) is 4.87. The van der Waals surface area contributed by atoms with Crippen LogP contribution in [-0.4, -0.2) is 32.6 Å². The number of aromatic nitrogens is 4. The van der Waals surface area contributed by atoms with Gasteiger partial charge < -0.3 is 15.2 Å². The number of hydrogen-bond donors (Lipinski definition) is 2. The molecule has 164 valence electrons. The average Bonchev–Trinajstić information content (AvgIpc) is 3.47. The molecule has 3 heterocycles. The smallest absolute Gasteiger partial charge is 0.330 e. The number of rotatable bonds is 7. The Labute approximate surface area is 185 Å². The molecular weight excluding hydrogens is 432 g/mol. The Hall–Kier alpha value is -3.99. The van der Waals surface area contributed by atoms with Crippen molar-refractivity contribution in [1.82, 2.24) is 19.7 Å². The number of carbonyl (C=O) groups is 1. The first-order chi connectivity index (χ1) is 15.4. The number of benzene rings is 1. The van der Waals surface area contributed by atoms with E-state index in [1.54, 1.807) is 0 Å². The molecule has 32 heavy (non-hydrogen) atoms. The SMILES string of the molecule is CN(C(=O)CCc1nc(-c2cccs2)no1)c1c(N)n(Cc2ccccc2)c(=O)[nH]c1=O. The molecule has 0 saturated carbocycles. The molecule has 0 atom stereocenters. The highest BCUT2D eigenvalue weighted by Gasteiger charge is 2.22. The molecule has 4 rings (SSSR count). The van der Waals surface area contributed by atoms with Gasteiger partial charge in [-0.3, -0.25) is 19.1 Å². The van der Waals surface area contributed by atoms with Gasteiger partial charge in [0.2, 0.25) is 17.6 Å². The second-order valence-electron chi connectivity index (χ2n) is 7.01. The summed E-state index contributed by atoms with van der Waals surface area (Å²) in [6, 6.07) is 12.9. The summed E-state index contributed by atoms with van der Waals surface area (Å²) < 4.78 is 6.43. The first-order valence-corrected chi connectivity index (χ1v) is 10.6. The molecule has 0 unspecified atom stereocenters. The number of carbonyl (C=O) groups excluding carboxylic acids is 1. The van der Waals surface area contributed by atoms with Gasteiger partial charge in [-0.15, -0.1) is 11.3 Å². The number of aryl methyl sites for hydroxylation is 1. The molecule has 1 amide bonds.